The Labute approximate surface area is 68.1 Å². The standard InChI is InChI=1S/C9H17NO/c1-7(10)8-6-9(8)2-4-11-5-3-9/h7-8H,2-6,10H2,1H3. The maximum absolute atomic E-state index is 5.86. The van der Waals surface area contributed by atoms with Crippen LogP contribution >= 0.6 is 0 Å². The van der Waals surface area contributed by atoms with E-state index in [1.165, 1.54) is 19.3 Å². The highest BCUT2D eigenvalue weighted by Gasteiger charge is 2.55. The first-order valence-corrected chi connectivity index (χ1v) is 4.58. The van der Waals surface area contributed by atoms with E-state index >= 15 is 0 Å². The van der Waals surface area contributed by atoms with E-state index < -0.39 is 0 Å². The zero-order chi connectivity index (χ0) is 7.90. The van der Waals surface area contributed by atoms with Gasteiger partial charge in [0, 0.05) is 19.3 Å². The van der Waals surface area contributed by atoms with E-state index in [4.69, 9.17) is 10.5 Å². The normalized spacial score (nSPS) is 37.1. The van der Waals surface area contributed by atoms with Gasteiger partial charge in [0.25, 0.3) is 0 Å². The molecule has 2 heteroatoms. The topological polar surface area (TPSA) is 35.2 Å². The molecule has 0 aromatic carbocycles. The van der Waals surface area contributed by atoms with Gasteiger partial charge in [-0.05, 0) is 37.5 Å². The van der Waals surface area contributed by atoms with Crippen LogP contribution in [0.1, 0.15) is 26.2 Å². The van der Waals surface area contributed by atoms with E-state index in [2.05, 4.69) is 6.92 Å². The first kappa shape index (κ1) is 7.56. The van der Waals surface area contributed by atoms with Crippen LogP contribution in [0.25, 0.3) is 0 Å². The molecule has 1 aliphatic heterocycles. The van der Waals surface area contributed by atoms with Crippen molar-refractivity contribution in [2.45, 2.75) is 32.2 Å². The van der Waals surface area contributed by atoms with E-state index in [1.54, 1.807) is 0 Å². The molecule has 1 aliphatic carbocycles. The zero-order valence-corrected chi connectivity index (χ0v) is 7.18. The van der Waals surface area contributed by atoms with E-state index in [0.717, 1.165) is 19.1 Å². The first-order chi connectivity index (χ1) is 5.25. The van der Waals surface area contributed by atoms with Crippen molar-refractivity contribution in [1.82, 2.24) is 0 Å². The summed E-state index contributed by atoms with van der Waals surface area (Å²) < 4.78 is 5.33. The van der Waals surface area contributed by atoms with Crippen molar-refractivity contribution in [2.75, 3.05) is 13.2 Å². The quantitative estimate of drug-likeness (QED) is 0.616. The third-order valence-electron chi connectivity index (χ3n) is 3.38. The highest BCUT2D eigenvalue weighted by atomic mass is 16.5. The summed E-state index contributed by atoms with van der Waals surface area (Å²) in [7, 11) is 0. The second kappa shape index (κ2) is 2.46. The molecule has 1 spiro atoms. The summed E-state index contributed by atoms with van der Waals surface area (Å²) in [6.07, 6.45) is 3.85. The van der Waals surface area contributed by atoms with Gasteiger partial charge in [0.1, 0.15) is 0 Å². The summed E-state index contributed by atoms with van der Waals surface area (Å²) in [4.78, 5) is 0. The Morgan fingerprint density at radius 3 is 2.55 bits per heavy atom. The van der Waals surface area contributed by atoms with Gasteiger partial charge < -0.3 is 10.5 Å². The molecule has 0 bridgehead atoms. The minimum absolute atomic E-state index is 0.396. The fourth-order valence-corrected chi connectivity index (χ4v) is 2.48. The van der Waals surface area contributed by atoms with Crippen molar-refractivity contribution in [2.24, 2.45) is 17.1 Å². The molecule has 2 unspecified atom stereocenters. The highest BCUT2D eigenvalue weighted by Crippen LogP contribution is 2.60. The van der Waals surface area contributed by atoms with Gasteiger partial charge in [0.05, 0.1) is 0 Å². The van der Waals surface area contributed by atoms with E-state index in [1.807, 2.05) is 0 Å². The Bertz CT molecular complexity index is 150. The second-order valence-corrected chi connectivity index (χ2v) is 4.14. The molecule has 64 valence electrons. The molecule has 1 saturated carbocycles. The van der Waals surface area contributed by atoms with Gasteiger partial charge in [0.2, 0.25) is 0 Å². The zero-order valence-electron chi connectivity index (χ0n) is 7.18. The van der Waals surface area contributed by atoms with Crippen LogP contribution in [0.2, 0.25) is 0 Å². The molecular weight excluding hydrogens is 138 g/mol. The molecule has 0 amide bonds. The van der Waals surface area contributed by atoms with Gasteiger partial charge in [-0.15, -0.1) is 0 Å². The molecule has 1 saturated heterocycles. The lowest BCUT2D eigenvalue weighted by molar-refractivity contribution is 0.0508. The maximum Gasteiger partial charge on any atom is 0.0471 e. The van der Waals surface area contributed by atoms with Gasteiger partial charge in [-0.3, -0.25) is 0 Å². The number of rotatable bonds is 1. The van der Waals surface area contributed by atoms with Crippen LogP contribution in [0.4, 0.5) is 0 Å². The van der Waals surface area contributed by atoms with Crippen LogP contribution in [0.3, 0.4) is 0 Å². The third kappa shape index (κ3) is 1.18. The Morgan fingerprint density at radius 2 is 2.09 bits per heavy atom. The molecule has 2 N–H and O–H groups in total. The van der Waals surface area contributed by atoms with Crippen molar-refractivity contribution in [1.29, 1.82) is 0 Å². The third-order valence-corrected chi connectivity index (χ3v) is 3.38. The van der Waals surface area contributed by atoms with Crippen LogP contribution in [0, 0.1) is 11.3 Å². The molecule has 1 heterocycles. The van der Waals surface area contributed by atoms with Gasteiger partial charge in [0.15, 0.2) is 0 Å². The van der Waals surface area contributed by atoms with E-state index in [-0.39, 0.29) is 0 Å². The molecule has 0 radical (unpaired) electrons. The van der Waals surface area contributed by atoms with Crippen molar-refractivity contribution in [3.63, 3.8) is 0 Å². The predicted octanol–water partition coefficient (Wildman–Crippen LogP) is 1.15. The van der Waals surface area contributed by atoms with Gasteiger partial charge in [-0.25, -0.2) is 0 Å². The van der Waals surface area contributed by atoms with Gasteiger partial charge >= 0.3 is 0 Å². The maximum atomic E-state index is 5.86. The summed E-state index contributed by atoms with van der Waals surface area (Å²) in [5.41, 5.74) is 6.48. The Kier molecular flexibility index (Phi) is 1.69. The fourth-order valence-electron chi connectivity index (χ4n) is 2.48. The molecule has 0 aromatic rings. The lowest BCUT2D eigenvalue weighted by Crippen LogP contribution is -2.26. The van der Waals surface area contributed by atoms with Crippen molar-refractivity contribution >= 4 is 0 Å². The van der Waals surface area contributed by atoms with Gasteiger partial charge in [-0.2, -0.15) is 0 Å². The fraction of sp³-hybridized carbons (Fsp3) is 1.00. The minimum Gasteiger partial charge on any atom is -0.381 e. The second-order valence-electron chi connectivity index (χ2n) is 4.14. The van der Waals surface area contributed by atoms with Crippen molar-refractivity contribution in [3.8, 4) is 0 Å². The molecule has 2 fully saturated rings. The van der Waals surface area contributed by atoms with Crippen molar-refractivity contribution in [3.05, 3.63) is 0 Å². The Balaban J connectivity index is 1.93. The van der Waals surface area contributed by atoms with E-state index in [0.29, 0.717) is 11.5 Å². The Hall–Kier alpha value is -0.0800. The summed E-state index contributed by atoms with van der Waals surface area (Å²) >= 11 is 0. The summed E-state index contributed by atoms with van der Waals surface area (Å²) in [6.45, 7) is 4.06. The first-order valence-electron chi connectivity index (χ1n) is 4.58. The number of ether oxygens (including phenoxy) is 1. The minimum atomic E-state index is 0.396. The summed E-state index contributed by atoms with van der Waals surface area (Å²) in [5.74, 6) is 0.798. The molecular formula is C9H17NO. The van der Waals surface area contributed by atoms with Crippen LogP contribution < -0.4 is 5.73 Å². The largest absolute Gasteiger partial charge is 0.381 e. The average Bonchev–Trinajstić information content (AvgIpc) is 2.66. The Morgan fingerprint density at radius 1 is 1.45 bits per heavy atom. The monoisotopic (exact) mass is 155 g/mol. The molecule has 2 rings (SSSR count). The highest BCUT2D eigenvalue weighted by molar-refractivity contribution is 5.06. The smallest absolute Gasteiger partial charge is 0.0471 e. The van der Waals surface area contributed by atoms with Crippen LogP contribution in [0.5, 0.6) is 0 Å². The van der Waals surface area contributed by atoms with E-state index in [9.17, 15) is 0 Å². The molecule has 2 aliphatic rings. The van der Waals surface area contributed by atoms with Crippen LogP contribution in [-0.4, -0.2) is 19.3 Å². The molecule has 2 atom stereocenters. The number of hydrogen-bond acceptors (Lipinski definition) is 2. The number of nitrogens with two attached hydrogens (primary N) is 1. The predicted molar refractivity (Wildman–Crippen MR) is 44.2 cm³/mol. The molecule has 2 nitrogen and oxygen atoms in total. The summed E-state index contributed by atoms with van der Waals surface area (Å²) in [5, 5.41) is 0. The lowest BCUT2D eigenvalue weighted by Gasteiger charge is -2.23. The molecule has 11 heavy (non-hydrogen) atoms. The van der Waals surface area contributed by atoms with Gasteiger partial charge in [-0.1, -0.05) is 0 Å². The molecule has 0 aromatic heterocycles. The van der Waals surface area contributed by atoms with Crippen molar-refractivity contribution < 1.29 is 4.74 Å². The average molecular weight is 155 g/mol. The summed E-state index contributed by atoms with van der Waals surface area (Å²) in [6, 6.07) is 0.396. The van der Waals surface area contributed by atoms with Crippen LogP contribution in [-0.2, 0) is 4.74 Å². The SMILES string of the molecule is CC(N)C1CC12CCOCC2. The lowest BCUT2D eigenvalue weighted by atomic mass is 9.92. The van der Waals surface area contributed by atoms with Crippen LogP contribution in [0.15, 0.2) is 0 Å². The number of hydrogen-bond donors (Lipinski definition) is 1.